The van der Waals surface area contributed by atoms with Crippen molar-refractivity contribution in [2.24, 2.45) is 0 Å². The van der Waals surface area contributed by atoms with Gasteiger partial charge in [-0.1, -0.05) is 10.3 Å². The van der Waals surface area contributed by atoms with Crippen LogP contribution < -0.4 is 10.3 Å². The third-order valence-corrected chi connectivity index (χ3v) is 3.90. The lowest BCUT2D eigenvalue weighted by atomic mass is 10.2. The second-order valence-electron chi connectivity index (χ2n) is 6.09. The topological polar surface area (TPSA) is 109 Å². The van der Waals surface area contributed by atoms with Crippen molar-refractivity contribution in [3.05, 3.63) is 64.7 Å². The third kappa shape index (κ3) is 4.21. The van der Waals surface area contributed by atoms with Gasteiger partial charge in [0.2, 0.25) is 11.7 Å². The van der Waals surface area contributed by atoms with E-state index in [-0.39, 0.29) is 35.5 Å². The van der Waals surface area contributed by atoms with Crippen LogP contribution in [0.5, 0.6) is 5.75 Å². The molecule has 0 saturated carbocycles. The number of ether oxygens (including phenoxy) is 1. The molecule has 0 saturated heterocycles. The maximum atomic E-state index is 12.7. The van der Waals surface area contributed by atoms with Crippen LogP contribution in [0.1, 0.15) is 11.7 Å². The Bertz CT molecular complexity index is 1230. The normalized spacial score (nSPS) is 11.6. The lowest BCUT2D eigenvalue weighted by Gasteiger charge is -2.08. The van der Waals surface area contributed by atoms with Gasteiger partial charge in [0.25, 0.3) is 11.4 Å². The van der Waals surface area contributed by atoms with Crippen LogP contribution in [-0.4, -0.2) is 31.2 Å². The third-order valence-electron chi connectivity index (χ3n) is 3.90. The van der Waals surface area contributed by atoms with E-state index in [2.05, 4.69) is 25.0 Å². The van der Waals surface area contributed by atoms with E-state index in [0.29, 0.717) is 11.4 Å². The van der Waals surface area contributed by atoms with Crippen LogP contribution in [0, 0.1) is 6.92 Å². The number of aryl methyl sites for hydroxylation is 1. The number of benzene rings is 1. The molecule has 3 aromatic heterocycles. The maximum Gasteiger partial charge on any atom is 0.573 e. The van der Waals surface area contributed by atoms with Gasteiger partial charge in [-0.15, -0.1) is 13.2 Å². The molecule has 1 aromatic carbocycles. The number of aromatic nitrogens is 5. The number of halogens is 3. The average Bonchev–Trinajstić information content (AvgIpc) is 3.32. The van der Waals surface area contributed by atoms with E-state index < -0.39 is 11.9 Å². The van der Waals surface area contributed by atoms with E-state index in [9.17, 15) is 18.0 Å². The summed E-state index contributed by atoms with van der Waals surface area (Å²) < 4.78 is 52.1. The van der Waals surface area contributed by atoms with Gasteiger partial charge in [-0.3, -0.25) is 4.79 Å². The smallest absolute Gasteiger partial charge is 0.406 e. The Morgan fingerprint density at radius 2 is 1.83 bits per heavy atom. The van der Waals surface area contributed by atoms with Gasteiger partial charge in [0, 0.05) is 11.8 Å². The van der Waals surface area contributed by atoms with Gasteiger partial charge in [-0.05, 0) is 43.3 Å². The zero-order valence-corrected chi connectivity index (χ0v) is 15.3. The lowest BCUT2D eigenvalue weighted by molar-refractivity contribution is -0.274. The lowest BCUT2D eigenvalue weighted by Crippen LogP contribution is -2.21. The van der Waals surface area contributed by atoms with Crippen molar-refractivity contribution >= 4 is 0 Å². The molecular weight excluding hydrogens is 407 g/mol. The fraction of sp³-hybridized carbons (Fsp3) is 0.167. The van der Waals surface area contributed by atoms with Crippen LogP contribution in [0.2, 0.25) is 0 Å². The van der Waals surface area contributed by atoms with Crippen molar-refractivity contribution in [2.75, 3.05) is 0 Å². The predicted molar refractivity (Wildman–Crippen MR) is 94.3 cm³/mol. The molecule has 0 bridgehead atoms. The van der Waals surface area contributed by atoms with Crippen molar-refractivity contribution < 1.29 is 27.0 Å². The fourth-order valence-electron chi connectivity index (χ4n) is 2.62. The summed E-state index contributed by atoms with van der Waals surface area (Å²) in [7, 11) is 0. The summed E-state index contributed by atoms with van der Waals surface area (Å²) in [6.07, 6.45) is -3.25. The van der Waals surface area contributed by atoms with E-state index in [0.717, 1.165) is 12.1 Å². The number of pyridine rings is 1. The van der Waals surface area contributed by atoms with Crippen molar-refractivity contribution in [2.45, 2.75) is 19.8 Å². The first-order chi connectivity index (χ1) is 14.3. The van der Waals surface area contributed by atoms with E-state index >= 15 is 0 Å². The van der Waals surface area contributed by atoms with Gasteiger partial charge in [0.05, 0.1) is 0 Å². The molecule has 0 aliphatic rings. The Morgan fingerprint density at radius 3 is 2.50 bits per heavy atom. The first-order valence-corrected chi connectivity index (χ1v) is 8.47. The minimum Gasteiger partial charge on any atom is -0.406 e. The second-order valence-corrected chi connectivity index (χ2v) is 6.09. The van der Waals surface area contributed by atoms with Crippen molar-refractivity contribution in [1.82, 2.24) is 24.8 Å². The number of nitrogens with zero attached hydrogens (tertiary/aromatic N) is 5. The summed E-state index contributed by atoms with van der Waals surface area (Å²) in [4.78, 5) is 20.9. The predicted octanol–water partition coefficient (Wildman–Crippen LogP) is 3.20. The molecule has 30 heavy (non-hydrogen) atoms. The molecule has 0 aliphatic heterocycles. The van der Waals surface area contributed by atoms with E-state index in [1.165, 1.54) is 22.9 Å². The summed E-state index contributed by atoms with van der Waals surface area (Å²) in [5.74, 6) is 0.406. The van der Waals surface area contributed by atoms with Crippen molar-refractivity contribution in [3.8, 4) is 28.6 Å². The molecular formula is C18H12F3N5O4. The summed E-state index contributed by atoms with van der Waals surface area (Å²) in [5.41, 5.74) is 0.245. The Hall–Kier alpha value is -3.96. The number of rotatable bonds is 5. The molecule has 0 amide bonds. The highest BCUT2D eigenvalue weighted by Crippen LogP contribution is 2.25. The monoisotopic (exact) mass is 419 g/mol. The molecule has 9 nitrogen and oxygen atoms in total. The van der Waals surface area contributed by atoms with Crippen LogP contribution in [0.3, 0.4) is 0 Å². The molecule has 154 valence electrons. The second kappa shape index (κ2) is 7.46. The number of hydrogen-bond donors (Lipinski definition) is 0. The molecule has 0 aliphatic carbocycles. The van der Waals surface area contributed by atoms with Crippen molar-refractivity contribution in [1.29, 1.82) is 0 Å². The molecule has 0 spiro atoms. The summed E-state index contributed by atoms with van der Waals surface area (Å²) in [6, 6.07) is 8.18. The SMILES string of the molecule is Cc1noc(-c2cccn(Cc3nc(-c4ccc(OC(F)(F)F)cc4)no3)c2=O)n1. The molecule has 0 N–H and O–H groups in total. The van der Waals surface area contributed by atoms with Gasteiger partial charge in [0.1, 0.15) is 17.9 Å². The summed E-state index contributed by atoms with van der Waals surface area (Å²) in [5, 5.41) is 7.46. The average molecular weight is 419 g/mol. The molecule has 0 atom stereocenters. The van der Waals surface area contributed by atoms with Crippen LogP contribution in [0.25, 0.3) is 22.8 Å². The largest absolute Gasteiger partial charge is 0.573 e. The minimum absolute atomic E-state index is 0.0257. The fourth-order valence-corrected chi connectivity index (χ4v) is 2.62. The quantitative estimate of drug-likeness (QED) is 0.485. The Labute approximate surface area is 165 Å². The van der Waals surface area contributed by atoms with Gasteiger partial charge in [-0.25, -0.2) is 0 Å². The van der Waals surface area contributed by atoms with Crippen LogP contribution in [-0.2, 0) is 6.54 Å². The highest BCUT2D eigenvalue weighted by Gasteiger charge is 2.31. The molecule has 0 radical (unpaired) electrons. The standard InChI is InChI=1S/C18H12F3N5O4/c1-10-22-16(30-24-10)13-3-2-8-26(17(13)27)9-14-23-15(25-29-14)11-4-6-12(7-5-11)28-18(19,20)21/h2-8H,9H2,1H3. The summed E-state index contributed by atoms with van der Waals surface area (Å²) >= 11 is 0. The van der Waals surface area contributed by atoms with E-state index in [1.807, 2.05) is 0 Å². The molecule has 12 heteroatoms. The zero-order chi connectivity index (χ0) is 21.3. The van der Waals surface area contributed by atoms with Crippen LogP contribution in [0.15, 0.2) is 56.4 Å². The molecule has 4 rings (SSSR count). The maximum absolute atomic E-state index is 12.7. The van der Waals surface area contributed by atoms with Gasteiger partial charge in [0.15, 0.2) is 5.82 Å². The Morgan fingerprint density at radius 1 is 1.07 bits per heavy atom. The number of hydrogen-bond acceptors (Lipinski definition) is 8. The molecule has 0 unspecified atom stereocenters. The first kappa shape index (κ1) is 19.4. The van der Waals surface area contributed by atoms with Gasteiger partial charge < -0.3 is 18.4 Å². The zero-order valence-electron chi connectivity index (χ0n) is 15.3. The van der Waals surface area contributed by atoms with Crippen LogP contribution >= 0.6 is 0 Å². The first-order valence-electron chi connectivity index (χ1n) is 8.47. The van der Waals surface area contributed by atoms with E-state index in [4.69, 9.17) is 9.05 Å². The van der Waals surface area contributed by atoms with E-state index in [1.54, 1.807) is 19.1 Å². The highest BCUT2D eigenvalue weighted by atomic mass is 19.4. The highest BCUT2D eigenvalue weighted by molar-refractivity contribution is 5.55. The number of alkyl halides is 3. The van der Waals surface area contributed by atoms with Crippen LogP contribution in [0.4, 0.5) is 13.2 Å². The van der Waals surface area contributed by atoms with Gasteiger partial charge in [-0.2, -0.15) is 9.97 Å². The Balaban J connectivity index is 1.54. The minimum atomic E-state index is -4.78. The van der Waals surface area contributed by atoms with Crippen molar-refractivity contribution in [3.63, 3.8) is 0 Å². The molecule has 4 aromatic rings. The molecule has 3 heterocycles. The molecule has 0 fully saturated rings. The van der Waals surface area contributed by atoms with Gasteiger partial charge >= 0.3 is 6.36 Å². The Kier molecular flexibility index (Phi) is 4.82. The summed E-state index contributed by atoms with van der Waals surface area (Å²) in [6.45, 7) is 1.61.